The monoisotopic (exact) mass is 247 g/mol. The topological polar surface area (TPSA) is 29.9 Å². The number of hydrogen-bond donors (Lipinski definition) is 1. The molecule has 0 radical (unpaired) electrons. The second-order valence-electron chi connectivity index (χ2n) is 5.81. The molecule has 3 rings (SSSR count). The summed E-state index contributed by atoms with van der Waals surface area (Å²) in [4.78, 5) is 5.03. The molecule has 2 heterocycles. The van der Waals surface area contributed by atoms with E-state index in [0.29, 0.717) is 0 Å². The van der Waals surface area contributed by atoms with Crippen LogP contribution in [0, 0.1) is 0 Å². The average Bonchev–Trinajstić information content (AvgIpc) is 3.04. The molecule has 1 aromatic rings. The maximum Gasteiger partial charge on any atom is 0.112 e. The minimum absolute atomic E-state index is 0.755. The zero-order valence-corrected chi connectivity index (χ0v) is 11.5. The van der Waals surface area contributed by atoms with Gasteiger partial charge in [-0.1, -0.05) is 12.8 Å². The summed E-state index contributed by atoms with van der Waals surface area (Å²) in [6.07, 6.45) is 10.6. The third kappa shape index (κ3) is 2.20. The molecule has 0 saturated heterocycles. The highest BCUT2D eigenvalue weighted by atomic mass is 15.1. The summed E-state index contributed by atoms with van der Waals surface area (Å²) in [5, 5.41) is 3.25. The van der Waals surface area contributed by atoms with Gasteiger partial charge in [-0.05, 0) is 39.2 Å². The van der Waals surface area contributed by atoms with Gasteiger partial charge in [0.1, 0.15) is 5.82 Å². The van der Waals surface area contributed by atoms with E-state index < -0.39 is 0 Å². The van der Waals surface area contributed by atoms with E-state index in [9.17, 15) is 0 Å². The Balaban J connectivity index is 1.90. The van der Waals surface area contributed by atoms with Gasteiger partial charge in [-0.15, -0.1) is 0 Å². The molecule has 3 nitrogen and oxygen atoms in total. The first-order chi connectivity index (χ1) is 8.90. The van der Waals surface area contributed by atoms with Gasteiger partial charge in [0.05, 0.1) is 5.69 Å². The Hall–Kier alpha value is -0.830. The molecule has 100 valence electrons. The van der Waals surface area contributed by atoms with E-state index in [1.54, 1.807) is 5.69 Å². The van der Waals surface area contributed by atoms with Crippen molar-refractivity contribution in [2.24, 2.45) is 0 Å². The molecule has 0 spiro atoms. The van der Waals surface area contributed by atoms with E-state index in [2.05, 4.69) is 9.88 Å². The fraction of sp³-hybridized carbons (Fsp3) is 0.800. The number of likely N-dealkylation sites (N-methyl/N-ethyl adjacent to an activating group) is 1. The largest absolute Gasteiger partial charge is 0.332 e. The van der Waals surface area contributed by atoms with Gasteiger partial charge in [0.25, 0.3) is 0 Å². The number of nitrogens with zero attached hydrogens (tertiary/aromatic N) is 2. The van der Waals surface area contributed by atoms with Gasteiger partial charge in [-0.25, -0.2) is 4.98 Å². The van der Waals surface area contributed by atoms with Gasteiger partial charge in [-0.2, -0.15) is 0 Å². The third-order valence-corrected chi connectivity index (χ3v) is 4.56. The van der Waals surface area contributed by atoms with Crippen molar-refractivity contribution in [3.05, 3.63) is 17.2 Å². The summed E-state index contributed by atoms with van der Waals surface area (Å²) in [6.45, 7) is 2.27. The number of imidazole rings is 1. The van der Waals surface area contributed by atoms with Crippen LogP contribution in [0.25, 0.3) is 0 Å². The zero-order chi connectivity index (χ0) is 12.4. The first kappa shape index (κ1) is 12.2. The lowest BCUT2D eigenvalue weighted by Crippen LogP contribution is -2.16. The van der Waals surface area contributed by atoms with Crippen molar-refractivity contribution in [2.45, 2.75) is 63.8 Å². The molecule has 0 unspecified atom stereocenters. The van der Waals surface area contributed by atoms with Crippen molar-refractivity contribution in [2.75, 3.05) is 13.6 Å². The minimum atomic E-state index is 0.755. The maximum absolute atomic E-state index is 5.03. The second kappa shape index (κ2) is 5.43. The summed E-state index contributed by atoms with van der Waals surface area (Å²) in [7, 11) is 2.03. The summed E-state index contributed by atoms with van der Waals surface area (Å²) in [5.41, 5.74) is 2.93. The van der Waals surface area contributed by atoms with Crippen LogP contribution in [0.2, 0.25) is 0 Å². The van der Waals surface area contributed by atoms with Crippen LogP contribution in [0.1, 0.15) is 61.7 Å². The predicted octanol–water partition coefficient (Wildman–Crippen LogP) is 2.64. The van der Waals surface area contributed by atoms with Gasteiger partial charge in [0.15, 0.2) is 0 Å². The molecule has 1 saturated carbocycles. The summed E-state index contributed by atoms with van der Waals surface area (Å²) in [5.74, 6) is 2.18. The molecule has 3 heteroatoms. The summed E-state index contributed by atoms with van der Waals surface area (Å²) < 4.78 is 2.57. The molecule has 1 aromatic heterocycles. The van der Waals surface area contributed by atoms with E-state index >= 15 is 0 Å². The molecule has 1 fully saturated rings. The second-order valence-corrected chi connectivity index (χ2v) is 5.81. The van der Waals surface area contributed by atoms with Crippen LogP contribution in [0.4, 0.5) is 0 Å². The van der Waals surface area contributed by atoms with Crippen molar-refractivity contribution in [1.29, 1.82) is 0 Å². The number of fused-ring (bicyclic) bond motifs is 1. The maximum atomic E-state index is 5.03. The highest BCUT2D eigenvalue weighted by Crippen LogP contribution is 2.36. The van der Waals surface area contributed by atoms with Crippen LogP contribution in [0.15, 0.2) is 0 Å². The van der Waals surface area contributed by atoms with Crippen LogP contribution in [-0.2, 0) is 19.4 Å². The lowest BCUT2D eigenvalue weighted by molar-refractivity contribution is 0.492. The minimum Gasteiger partial charge on any atom is -0.332 e. The van der Waals surface area contributed by atoms with E-state index in [1.807, 2.05) is 7.05 Å². The lowest BCUT2D eigenvalue weighted by Gasteiger charge is -2.19. The van der Waals surface area contributed by atoms with Crippen molar-refractivity contribution in [1.82, 2.24) is 14.9 Å². The lowest BCUT2D eigenvalue weighted by atomic mass is 10.1. The SMILES string of the molecule is CNCCc1nc(C2CCCC2)n2c1CCCC2. The molecular formula is C15H25N3. The first-order valence-electron chi connectivity index (χ1n) is 7.63. The summed E-state index contributed by atoms with van der Waals surface area (Å²) in [6, 6.07) is 0. The Kier molecular flexibility index (Phi) is 3.69. The highest BCUT2D eigenvalue weighted by Gasteiger charge is 2.26. The molecule has 1 aliphatic carbocycles. The third-order valence-electron chi connectivity index (χ3n) is 4.56. The molecule has 0 atom stereocenters. The summed E-state index contributed by atoms with van der Waals surface area (Å²) >= 11 is 0. The predicted molar refractivity (Wildman–Crippen MR) is 74.0 cm³/mol. The molecule has 0 amide bonds. The van der Waals surface area contributed by atoms with Crippen molar-refractivity contribution >= 4 is 0 Å². The number of hydrogen-bond acceptors (Lipinski definition) is 2. The Morgan fingerprint density at radius 3 is 2.83 bits per heavy atom. The standard InChI is InChI=1S/C15H25N3/c1-16-10-9-13-14-8-4-5-11-18(14)15(17-13)12-6-2-3-7-12/h12,16H,2-11H2,1H3. The quantitative estimate of drug-likeness (QED) is 0.886. The van der Waals surface area contributed by atoms with Crippen LogP contribution < -0.4 is 5.32 Å². The van der Waals surface area contributed by atoms with Gasteiger partial charge in [0, 0.05) is 31.1 Å². The van der Waals surface area contributed by atoms with Crippen LogP contribution in [0.3, 0.4) is 0 Å². The first-order valence-corrected chi connectivity index (χ1v) is 7.63. The van der Waals surface area contributed by atoms with Crippen LogP contribution in [0.5, 0.6) is 0 Å². The smallest absolute Gasteiger partial charge is 0.112 e. The Morgan fingerprint density at radius 2 is 2.06 bits per heavy atom. The van der Waals surface area contributed by atoms with Gasteiger partial charge < -0.3 is 9.88 Å². The molecule has 1 N–H and O–H groups in total. The van der Waals surface area contributed by atoms with E-state index in [4.69, 9.17) is 4.98 Å². The van der Waals surface area contributed by atoms with Crippen LogP contribution in [-0.4, -0.2) is 23.1 Å². The number of rotatable bonds is 4. The van der Waals surface area contributed by atoms with Crippen LogP contribution >= 0.6 is 0 Å². The molecule has 2 aliphatic rings. The van der Waals surface area contributed by atoms with E-state index in [1.165, 1.54) is 63.0 Å². The fourth-order valence-electron chi connectivity index (χ4n) is 3.59. The van der Waals surface area contributed by atoms with Gasteiger partial charge in [0.2, 0.25) is 0 Å². The van der Waals surface area contributed by atoms with Gasteiger partial charge >= 0.3 is 0 Å². The zero-order valence-electron chi connectivity index (χ0n) is 11.5. The fourth-order valence-corrected chi connectivity index (χ4v) is 3.59. The molecule has 0 aromatic carbocycles. The molecule has 0 bridgehead atoms. The van der Waals surface area contributed by atoms with E-state index in [0.717, 1.165) is 18.9 Å². The van der Waals surface area contributed by atoms with E-state index in [-0.39, 0.29) is 0 Å². The molecule has 1 aliphatic heterocycles. The highest BCUT2D eigenvalue weighted by molar-refractivity contribution is 5.22. The van der Waals surface area contributed by atoms with Crippen molar-refractivity contribution in [3.8, 4) is 0 Å². The number of nitrogens with one attached hydrogen (secondary N) is 1. The number of aromatic nitrogens is 2. The molecular weight excluding hydrogens is 222 g/mol. The Labute approximate surface area is 110 Å². The van der Waals surface area contributed by atoms with Gasteiger partial charge in [-0.3, -0.25) is 0 Å². The molecule has 18 heavy (non-hydrogen) atoms. The normalized spacial score (nSPS) is 20.3. The average molecular weight is 247 g/mol. The Morgan fingerprint density at radius 1 is 1.22 bits per heavy atom. The van der Waals surface area contributed by atoms with Crippen molar-refractivity contribution in [3.63, 3.8) is 0 Å². The Bertz CT molecular complexity index is 402. The van der Waals surface area contributed by atoms with Crippen molar-refractivity contribution < 1.29 is 0 Å².